The second kappa shape index (κ2) is 5.61. The lowest BCUT2D eigenvalue weighted by atomic mass is 9.86. The lowest BCUT2D eigenvalue weighted by molar-refractivity contribution is -0.137. The van der Waals surface area contributed by atoms with Crippen molar-refractivity contribution in [3.63, 3.8) is 0 Å². The molecule has 8 heteroatoms. The number of hydrogen-bond donors (Lipinski definition) is 0. The Morgan fingerprint density at radius 2 is 2.13 bits per heavy atom. The van der Waals surface area contributed by atoms with Gasteiger partial charge < -0.3 is 9.47 Å². The standard InChI is InChI=1S/C15H17NO6S/c1-21-13(17)9-23(19,20)16-8-4-7-15(10-16)12-6-3-2-5-11(12)14(18)22-15/h2-3,5-6H,4,7-10H2,1H3. The van der Waals surface area contributed by atoms with Crippen molar-refractivity contribution in [2.75, 3.05) is 26.0 Å². The summed E-state index contributed by atoms with van der Waals surface area (Å²) in [4.78, 5) is 23.4. The van der Waals surface area contributed by atoms with E-state index in [0.717, 1.165) is 7.11 Å². The monoisotopic (exact) mass is 339 g/mol. The normalized spacial score (nSPS) is 24.3. The van der Waals surface area contributed by atoms with Gasteiger partial charge in [-0.2, -0.15) is 4.31 Å². The maximum absolute atomic E-state index is 12.4. The largest absolute Gasteiger partial charge is 0.468 e. The highest BCUT2D eigenvalue weighted by Gasteiger charge is 2.50. The number of esters is 2. The molecule has 0 radical (unpaired) electrons. The molecule has 124 valence electrons. The minimum atomic E-state index is -3.81. The van der Waals surface area contributed by atoms with Gasteiger partial charge in [-0.25, -0.2) is 13.2 Å². The Morgan fingerprint density at radius 1 is 1.39 bits per heavy atom. The van der Waals surface area contributed by atoms with E-state index in [1.54, 1.807) is 24.3 Å². The molecule has 1 aromatic carbocycles. The maximum Gasteiger partial charge on any atom is 0.339 e. The summed E-state index contributed by atoms with van der Waals surface area (Å²) in [5.74, 6) is -1.96. The zero-order valence-corrected chi connectivity index (χ0v) is 13.5. The molecule has 1 aromatic rings. The van der Waals surface area contributed by atoms with E-state index < -0.39 is 33.3 Å². The van der Waals surface area contributed by atoms with E-state index >= 15 is 0 Å². The number of fused-ring (bicyclic) bond motifs is 2. The summed E-state index contributed by atoms with van der Waals surface area (Å²) in [6.07, 6.45) is 1.10. The Bertz CT molecular complexity index is 759. The highest BCUT2D eigenvalue weighted by Crippen LogP contribution is 2.43. The Labute approximate surface area is 134 Å². The van der Waals surface area contributed by atoms with Crippen LogP contribution in [0.3, 0.4) is 0 Å². The lowest BCUT2D eigenvalue weighted by Crippen LogP contribution is -2.50. The van der Waals surface area contributed by atoms with Crippen molar-refractivity contribution in [2.45, 2.75) is 18.4 Å². The van der Waals surface area contributed by atoms with Crippen LogP contribution in [0.4, 0.5) is 0 Å². The van der Waals surface area contributed by atoms with Gasteiger partial charge >= 0.3 is 11.9 Å². The third-order valence-electron chi connectivity index (χ3n) is 4.27. The van der Waals surface area contributed by atoms with E-state index in [9.17, 15) is 18.0 Å². The van der Waals surface area contributed by atoms with Crippen LogP contribution in [0.1, 0.15) is 28.8 Å². The van der Waals surface area contributed by atoms with E-state index in [1.165, 1.54) is 4.31 Å². The molecule has 1 atom stereocenters. The van der Waals surface area contributed by atoms with E-state index in [4.69, 9.17) is 4.74 Å². The predicted octanol–water partition coefficient (Wildman–Crippen LogP) is 0.651. The number of methoxy groups -OCH3 is 1. The summed E-state index contributed by atoms with van der Waals surface area (Å²) in [5.41, 5.74) is 0.220. The molecule has 0 N–H and O–H groups in total. The Hall–Kier alpha value is -1.93. The second-order valence-corrected chi connectivity index (χ2v) is 7.67. The molecule has 23 heavy (non-hydrogen) atoms. The van der Waals surface area contributed by atoms with Crippen LogP contribution >= 0.6 is 0 Å². The van der Waals surface area contributed by atoms with Gasteiger partial charge in [-0.05, 0) is 18.9 Å². The molecule has 0 bridgehead atoms. The number of nitrogens with zero attached hydrogens (tertiary/aromatic N) is 1. The summed E-state index contributed by atoms with van der Waals surface area (Å²) in [5, 5.41) is 0. The van der Waals surface area contributed by atoms with Crippen LogP contribution in [0, 0.1) is 0 Å². The Balaban J connectivity index is 1.90. The molecular formula is C15H17NO6S. The molecule has 1 spiro atoms. The van der Waals surface area contributed by atoms with Crippen LogP contribution in [0.15, 0.2) is 24.3 Å². The van der Waals surface area contributed by atoms with Gasteiger partial charge in [-0.3, -0.25) is 4.79 Å². The quantitative estimate of drug-likeness (QED) is 0.751. The summed E-state index contributed by atoms with van der Waals surface area (Å²) in [6, 6.07) is 7.00. The minimum Gasteiger partial charge on any atom is -0.468 e. The van der Waals surface area contributed by atoms with Gasteiger partial charge in [0, 0.05) is 12.1 Å². The van der Waals surface area contributed by atoms with Gasteiger partial charge in [-0.1, -0.05) is 18.2 Å². The first-order chi connectivity index (χ1) is 10.9. The third kappa shape index (κ3) is 2.72. The fraction of sp³-hybridized carbons (Fsp3) is 0.467. The van der Waals surface area contributed by atoms with Crippen molar-refractivity contribution < 1.29 is 27.5 Å². The summed E-state index contributed by atoms with van der Waals surface area (Å²) < 4.78 is 36.0. The Morgan fingerprint density at radius 3 is 2.87 bits per heavy atom. The van der Waals surface area contributed by atoms with Crippen molar-refractivity contribution in [3.8, 4) is 0 Å². The lowest BCUT2D eigenvalue weighted by Gasteiger charge is -2.38. The molecule has 0 aromatic heterocycles. The van der Waals surface area contributed by atoms with Crippen molar-refractivity contribution in [1.82, 2.24) is 4.31 Å². The number of piperidine rings is 1. The van der Waals surface area contributed by atoms with Crippen molar-refractivity contribution in [2.24, 2.45) is 0 Å². The van der Waals surface area contributed by atoms with Crippen LogP contribution in [0.5, 0.6) is 0 Å². The third-order valence-corrected chi connectivity index (χ3v) is 5.97. The molecule has 0 saturated carbocycles. The first-order valence-corrected chi connectivity index (χ1v) is 8.86. The molecule has 1 fully saturated rings. The SMILES string of the molecule is COC(=O)CS(=O)(=O)N1CCCC2(C1)OC(=O)c1ccccc12. The van der Waals surface area contributed by atoms with Gasteiger partial charge in [0.15, 0.2) is 11.4 Å². The van der Waals surface area contributed by atoms with E-state index in [0.29, 0.717) is 30.5 Å². The van der Waals surface area contributed by atoms with E-state index in [1.807, 2.05) is 0 Å². The minimum absolute atomic E-state index is 0.0229. The van der Waals surface area contributed by atoms with Crippen LogP contribution in [-0.2, 0) is 29.9 Å². The fourth-order valence-corrected chi connectivity index (χ4v) is 4.58. The molecule has 1 unspecified atom stereocenters. The first-order valence-electron chi connectivity index (χ1n) is 7.25. The van der Waals surface area contributed by atoms with Gasteiger partial charge in [0.25, 0.3) is 0 Å². The van der Waals surface area contributed by atoms with E-state index in [-0.39, 0.29) is 6.54 Å². The number of rotatable bonds is 3. The highest BCUT2D eigenvalue weighted by molar-refractivity contribution is 7.89. The average Bonchev–Trinajstić information content (AvgIpc) is 2.79. The van der Waals surface area contributed by atoms with Crippen LogP contribution in [0.25, 0.3) is 0 Å². The predicted molar refractivity (Wildman–Crippen MR) is 80.1 cm³/mol. The number of hydrogen-bond acceptors (Lipinski definition) is 6. The highest BCUT2D eigenvalue weighted by atomic mass is 32.2. The summed E-state index contributed by atoms with van der Waals surface area (Å²) in [7, 11) is -2.67. The Kier molecular flexibility index (Phi) is 3.89. The van der Waals surface area contributed by atoms with Gasteiger partial charge in [0.1, 0.15) is 0 Å². The van der Waals surface area contributed by atoms with E-state index in [2.05, 4.69) is 4.74 Å². The number of carbonyl (C=O) groups excluding carboxylic acids is 2. The van der Waals surface area contributed by atoms with Crippen molar-refractivity contribution in [1.29, 1.82) is 0 Å². The summed E-state index contributed by atoms with van der Waals surface area (Å²) >= 11 is 0. The van der Waals surface area contributed by atoms with Crippen LogP contribution < -0.4 is 0 Å². The van der Waals surface area contributed by atoms with Gasteiger partial charge in [0.05, 0.1) is 19.2 Å². The molecule has 3 rings (SSSR count). The molecular weight excluding hydrogens is 322 g/mol. The van der Waals surface area contributed by atoms with Crippen LogP contribution in [-0.4, -0.2) is 50.6 Å². The van der Waals surface area contributed by atoms with Crippen molar-refractivity contribution in [3.05, 3.63) is 35.4 Å². The number of carbonyl (C=O) groups is 2. The number of ether oxygens (including phenoxy) is 2. The smallest absolute Gasteiger partial charge is 0.339 e. The maximum atomic E-state index is 12.4. The zero-order valence-electron chi connectivity index (χ0n) is 12.6. The fourth-order valence-electron chi connectivity index (χ4n) is 3.17. The van der Waals surface area contributed by atoms with Gasteiger partial charge in [-0.15, -0.1) is 0 Å². The first kappa shape index (κ1) is 15.9. The molecule has 2 aliphatic rings. The van der Waals surface area contributed by atoms with Crippen molar-refractivity contribution >= 4 is 22.0 Å². The average molecular weight is 339 g/mol. The second-order valence-electron chi connectivity index (χ2n) is 5.70. The molecule has 2 aliphatic heterocycles. The molecule has 0 amide bonds. The van der Waals surface area contributed by atoms with Crippen LogP contribution in [0.2, 0.25) is 0 Å². The number of benzene rings is 1. The molecule has 0 aliphatic carbocycles. The number of sulfonamides is 1. The molecule has 1 saturated heterocycles. The topological polar surface area (TPSA) is 90.0 Å². The zero-order chi connectivity index (χ0) is 16.7. The van der Waals surface area contributed by atoms with Gasteiger partial charge in [0.2, 0.25) is 10.0 Å². The molecule has 7 nitrogen and oxygen atoms in total. The molecule has 2 heterocycles. The summed E-state index contributed by atoms with van der Waals surface area (Å²) in [6.45, 7) is 0.315.